The Kier molecular flexibility index (Phi) is 19.2. The molecule has 4 rings (SSSR count). The van der Waals surface area contributed by atoms with Crippen LogP contribution >= 0.6 is 0 Å². The van der Waals surface area contributed by atoms with E-state index in [-0.39, 0.29) is 38.3 Å². The zero-order valence-corrected chi connectivity index (χ0v) is 35.2. The zero-order valence-electron chi connectivity index (χ0n) is 35.2. The van der Waals surface area contributed by atoms with Gasteiger partial charge in [-0.2, -0.15) is 0 Å². The van der Waals surface area contributed by atoms with Gasteiger partial charge >= 0.3 is 18.1 Å². The number of carbonyl (C=O) groups excluding carboxylic acids is 3. The number of pyridine rings is 1. The molecule has 0 fully saturated rings. The van der Waals surface area contributed by atoms with E-state index >= 15 is 0 Å². The molecule has 3 aromatic rings. The number of hydrogen-bond acceptors (Lipinski definition) is 8. The average Bonchev–Trinajstić information content (AvgIpc) is 3.48. The first-order valence-corrected chi connectivity index (χ1v) is 21.6. The van der Waals surface area contributed by atoms with Crippen LogP contribution in [0.5, 0.6) is 0 Å². The van der Waals surface area contributed by atoms with E-state index in [1.54, 1.807) is 0 Å². The van der Waals surface area contributed by atoms with Crippen LogP contribution in [0.15, 0.2) is 36.5 Å². The molecule has 10 nitrogen and oxygen atoms in total. The van der Waals surface area contributed by atoms with Crippen LogP contribution in [-0.2, 0) is 54.5 Å². The van der Waals surface area contributed by atoms with Crippen molar-refractivity contribution < 1.29 is 37.8 Å². The first kappa shape index (κ1) is 44.8. The lowest BCUT2D eigenvalue weighted by molar-refractivity contribution is -0.940. The SMILES string of the molecule is CCCCCCCCCC(=O)OCC(COC(=O)OC[N+]1(C)CCc2c(c3cc(C)ccc3n2CCc2ccc(C)nc2)C1)OC(=O)CCCCCCCCC. The number of likely N-dealkylation sites (N-methyl/N-ethyl adjacent to an activating group) is 1. The highest BCUT2D eigenvalue weighted by atomic mass is 16.7. The summed E-state index contributed by atoms with van der Waals surface area (Å²) in [5.41, 5.74) is 7.30. The first-order chi connectivity index (χ1) is 27.1. The first-order valence-electron chi connectivity index (χ1n) is 21.6. The molecule has 310 valence electrons. The molecule has 0 saturated heterocycles. The maximum Gasteiger partial charge on any atom is 0.512 e. The van der Waals surface area contributed by atoms with Crippen molar-refractivity contribution >= 4 is 29.0 Å². The van der Waals surface area contributed by atoms with E-state index in [2.05, 4.69) is 67.7 Å². The number of aromatic nitrogens is 2. The third-order valence-corrected chi connectivity index (χ3v) is 11.0. The van der Waals surface area contributed by atoms with Crippen LogP contribution in [0.4, 0.5) is 4.79 Å². The summed E-state index contributed by atoms with van der Waals surface area (Å²) in [6, 6.07) is 10.9. The van der Waals surface area contributed by atoms with Gasteiger partial charge in [0.2, 0.25) is 6.73 Å². The van der Waals surface area contributed by atoms with Gasteiger partial charge in [-0.1, -0.05) is 109 Å². The summed E-state index contributed by atoms with van der Waals surface area (Å²) in [4.78, 5) is 42.8. The smallest absolute Gasteiger partial charge is 0.462 e. The second-order valence-corrected chi connectivity index (χ2v) is 16.3. The van der Waals surface area contributed by atoms with Gasteiger partial charge in [0, 0.05) is 59.9 Å². The van der Waals surface area contributed by atoms with E-state index in [9.17, 15) is 14.4 Å². The summed E-state index contributed by atoms with van der Waals surface area (Å²) in [5.74, 6) is -0.712. The zero-order chi connectivity index (χ0) is 40.2. The molecule has 3 heterocycles. The number of nitrogens with zero attached hydrogens (tertiary/aromatic N) is 3. The molecule has 0 saturated carbocycles. The minimum Gasteiger partial charge on any atom is -0.462 e. The number of ether oxygens (including phenoxy) is 4. The summed E-state index contributed by atoms with van der Waals surface area (Å²) >= 11 is 0. The number of rotatable bonds is 26. The minimum atomic E-state index is -0.898. The second-order valence-electron chi connectivity index (χ2n) is 16.3. The van der Waals surface area contributed by atoms with E-state index in [1.165, 1.54) is 84.7 Å². The summed E-state index contributed by atoms with van der Waals surface area (Å²) in [6.07, 6.45) is 17.9. The van der Waals surface area contributed by atoms with Crippen molar-refractivity contribution in [3.05, 3.63) is 64.6 Å². The molecule has 0 bridgehead atoms. The Hall–Kier alpha value is -3.92. The molecule has 56 heavy (non-hydrogen) atoms. The van der Waals surface area contributed by atoms with Crippen molar-refractivity contribution in [3.8, 4) is 0 Å². The van der Waals surface area contributed by atoms with Gasteiger partial charge in [0.15, 0.2) is 6.10 Å². The molecule has 2 aromatic heterocycles. The van der Waals surface area contributed by atoms with Crippen LogP contribution in [0.1, 0.15) is 145 Å². The van der Waals surface area contributed by atoms with Crippen molar-refractivity contribution in [3.63, 3.8) is 0 Å². The van der Waals surface area contributed by atoms with Gasteiger partial charge in [-0.25, -0.2) is 4.79 Å². The van der Waals surface area contributed by atoms with Crippen LogP contribution in [-0.4, -0.2) is 71.8 Å². The Morgan fingerprint density at radius 3 is 2.09 bits per heavy atom. The lowest BCUT2D eigenvalue weighted by Gasteiger charge is -2.37. The average molecular weight is 777 g/mol. The van der Waals surface area contributed by atoms with Gasteiger partial charge in [0.1, 0.15) is 19.8 Å². The van der Waals surface area contributed by atoms with Gasteiger partial charge in [0.25, 0.3) is 0 Å². The van der Waals surface area contributed by atoms with Crippen molar-refractivity contribution in [1.29, 1.82) is 0 Å². The Morgan fingerprint density at radius 1 is 0.786 bits per heavy atom. The van der Waals surface area contributed by atoms with Gasteiger partial charge < -0.3 is 23.5 Å². The van der Waals surface area contributed by atoms with Gasteiger partial charge in [-0.3, -0.25) is 19.1 Å². The highest BCUT2D eigenvalue weighted by Gasteiger charge is 2.34. The van der Waals surface area contributed by atoms with E-state index < -0.39 is 12.3 Å². The summed E-state index contributed by atoms with van der Waals surface area (Å²) in [6.45, 7) is 10.6. The summed E-state index contributed by atoms with van der Waals surface area (Å²) < 4.78 is 25.4. The largest absolute Gasteiger partial charge is 0.512 e. The molecular weight excluding hydrogens is 707 g/mol. The molecule has 2 unspecified atom stereocenters. The molecule has 0 radical (unpaired) electrons. The molecule has 0 spiro atoms. The third kappa shape index (κ3) is 15.2. The third-order valence-electron chi connectivity index (χ3n) is 11.0. The Morgan fingerprint density at radius 2 is 1.43 bits per heavy atom. The topological polar surface area (TPSA) is 106 Å². The molecule has 2 atom stereocenters. The number of esters is 2. The number of benzene rings is 1. The summed E-state index contributed by atoms with van der Waals surface area (Å²) in [7, 11) is 2.10. The normalized spacial score (nSPS) is 15.7. The fourth-order valence-electron chi connectivity index (χ4n) is 7.63. The lowest BCUT2D eigenvalue weighted by atomic mass is 10.0. The fraction of sp³-hybridized carbons (Fsp3) is 0.652. The monoisotopic (exact) mass is 777 g/mol. The van der Waals surface area contributed by atoms with E-state index in [1.807, 2.05) is 13.1 Å². The molecule has 1 aliphatic rings. The van der Waals surface area contributed by atoms with Crippen molar-refractivity contribution in [2.45, 2.75) is 162 Å². The minimum absolute atomic E-state index is 0.141. The van der Waals surface area contributed by atoms with Crippen LogP contribution in [0, 0.1) is 13.8 Å². The number of hydrogen-bond donors (Lipinski definition) is 0. The van der Waals surface area contributed by atoms with Crippen molar-refractivity contribution in [2.75, 3.05) is 33.5 Å². The van der Waals surface area contributed by atoms with Gasteiger partial charge in [-0.05, 0) is 56.9 Å². The predicted octanol–water partition coefficient (Wildman–Crippen LogP) is 10.2. The van der Waals surface area contributed by atoms with Crippen LogP contribution in [0.25, 0.3) is 10.9 Å². The maximum absolute atomic E-state index is 13.0. The molecule has 0 aliphatic carbocycles. The second kappa shape index (κ2) is 24.0. The van der Waals surface area contributed by atoms with Crippen molar-refractivity contribution in [1.82, 2.24) is 9.55 Å². The molecular formula is C46H70N3O7+. The Bertz CT molecular complexity index is 1650. The van der Waals surface area contributed by atoms with Gasteiger partial charge in [-0.15, -0.1) is 0 Å². The Labute approximate surface area is 336 Å². The lowest BCUT2D eigenvalue weighted by Crippen LogP contribution is -2.49. The highest BCUT2D eigenvalue weighted by molar-refractivity contribution is 5.86. The molecule has 1 aromatic carbocycles. The van der Waals surface area contributed by atoms with Gasteiger partial charge in [0.05, 0.1) is 13.6 Å². The molecule has 0 N–H and O–H groups in total. The standard InChI is InChI=1S/C46H70N3O7/c1-6-8-10-12-14-16-18-20-44(50)53-33-39(56-45(51)21-19-17-15-13-11-9-7-2)34-54-46(52)55-35-49(5)29-27-43-41(32-49)40-30-36(3)22-25-42(40)48(43)28-26-38-24-23-37(4)47-31-38/h22-25,30-31,39H,6-21,26-29,32-35H2,1-5H3/q+1. The van der Waals surface area contributed by atoms with E-state index in [4.69, 9.17) is 18.9 Å². The molecule has 1 aliphatic heterocycles. The van der Waals surface area contributed by atoms with Crippen LogP contribution in [0.2, 0.25) is 0 Å². The fourth-order valence-corrected chi connectivity index (χ4v) is 7.63. The van der Waals surface area contributed by atoms with Crippen molar-refractivity contribution in [2.24, 2.45) is 0 Å². The molecule has 10 heteroatoms. The number of carbonyl (C=O) groups is 3. The number of quaternary nitrogens is 1. The molecule has 0 amide bonds. The predicted molar refractivity (Wildman–Crippen MR) is 221 cm³/mol. The van der Waals surface area contributed by atoms with Crippen LogP contribution in [0.3, 0.4) is 0 Å². The Balaban J connectivity index is 1.29. The summed E-state index contributed by atoms with van der Waals surface area (Å²) in [5, 5.41) is 1.25. The van der Waals surface area contributed by atoms with Crippen LogP contribution < -0.4 is 0 Å². The number of fused-ring (bicyclic) bond motifs is 3. The number of unbranched alkanes of at least 4 members (excludes halogenated alkanes) is 12. The highest BCUT2D eigenvalue weighted by Crippen LogP contribution is 2.34. The van der Waals surface area contributed by atoms with E-state index in [0.29, 0.717) is 10.9 Å². The maximum atomic E-state index is 13.0. The quantitative estimate of drug-likeness (QED) is 0.0343. The van der Waals surface area contributed by atoms with E-state index in [0.717, 1.165) is 76.7 Å². The number of aryl methyl sites for hydroxylation is 4.